The van der Waals surface area contributed by atoms with E-state index in [1.54, 1.807) is 0 Å². The fourth-order valence-electron chi connectivity index (χ4n) is 3.94. The van der Waals surface area contributed by atoms with Crippen LogP contribution in [0.15, 0.2) is 0 Å². The van der Waals surface area contributed by atoms with E-state index in [9.17, 15) is 9.59 Å². The molecule has 3 rings (SSSR count). The minimum absolute atomic E-state index is 0.141. The molecule has 1 aliphatic carbocycles. The van der Waals surface area contributed by atoms with E-state index in [1.807, 2.05) is 16.7 Å². The van der Waals surface area contributed by atoms with Crippen molar-refractivity contribution in [3.8, 4) is 0 Å². The zero-order valence-corrected chi connectivity index (χ0v) is 12.0. The SMILES string of the molecule is CCCC1CC1N1C(=O)C2CCCN2C(=O)C1CC. The number of nitrogens with zero attached hydrogens (tertiary/aromatic N) is 2. The van der Waals surface area contributed by atoms with Crippen LogP contribution in [0.3, 0.4) is 0 Å². The quantitative estimate of drug-likeness (QED) is 0.776. The van der Waals surface area contributed by atoms with Crippen LogP contribution in [0.1, 0.15) is 52.4 Å². The first-order valence-electron chi connectivity index (χ1n) is 7.81. The monoisotopic (exact) mass is 264 g/mol. The molecule has 0 radical (unpaired) electrons. The van der Waals surface area contributed by atoms with Crippen molar-refractivity contribution in [2.45, 2.75) is 70.5 Å². The topological polar surface area (TPSA) is 40.6 Å². The van der Waals surface area contributed by atoms with E-state index in [2.05, 4.69) is 6.92 Å². The molecule has 4 nitrogen and oxygen atoms in total. The van der Waals surface area contributed by atoms with Gasteiger partial charge in [-0.3, -0.25) is 9.59 Å². The fourth-order valence-corrected chi connectivity index (χ4v) is 3.94. The first kappa shape index (κ1) is 12.9. The molecular formula is C15H24N2O2. The summed E-state index contributed by atoms with van der Waals surface area (Å²) in [6.07, 6.45) is 6.06. The molecule has 19 heavy (non-hydrogen) atoms. The van der Waals surface area contributed by atoms with E-state index in [4.69, 9.17) is 0 Å². The molecule has 4 atom stereocenters. The predicted molar refractivity (Wildman–Crippen MR) is 72.5 cm³/mol. The Hall–Kier alpha value is -1.06. The van der Waals surface area contributed by atoms with Gasteiger partial charge in [0.25, 0.3) is 0 Å². The first-order valence-corrected chi connectivity index (χ1v) is 7.81. The molecule has 3 aliphatic rings. The van der Waals surface area contributed by atoms with E-state index >= 15 is 0 Å². The van der Waals surface area contributed by atoms with Crippen LogP contribution in [0, 0.1) is 5.92 Å². The molecule has 0 bridgehead atoms. The molecule has 0 spiro atoms. The molecular weight excluding hydrogens is 240 g/mol. The Morgan fingerprint density at radius 2 is 2.00 bits per heavy atom. The van der Waals surface area contributed by atoms with Crippen LogP contribution < -0.4 is 0 Å². The summed E-state index contributed by atoms with van der Waals surface area (Å²) >= 11 is 0. The van der Waals surface area contributed by atoms with Crippen LogP contribution in [0.5, 0.6) is 0 Å². The van der Waals surface area contributed by atoms with Gasteiger partial charge in [-0.25, -0.2) is 0 Å². The maximum atomic E-state index is 12.7. The highest BCUT2D eigenvalue weighted by molar-refractivity contribution is 5.97. The Morgan fingerprint density at radius 1 is 1.21 bits per heavy atom. The van der Waals surface area contributed by atoms with Gasteiger partial charge >= 0.3 is 0 Å². The minimum atomic E-state index is -0.186. The lowest BCUT2D eigenvalue weighted by Crippen LogP contribution is -2.63. The second kappa shape index (κ2) is 4.80. The Kier molecular flexibility index (Phi) is 3.27. The third-order valence-electron chi connectivity index (χ3n) is 4.98. The van der Waals surface area contributed by atoms with Crippen LogP contribution in [-0.4, -0.2) is 46.3 Å². The summed E-state index contributed by atoms with van der Waals surface area (Å²) < 4.78 is 0. The Bertz CT molecular complexity index is 396. The summed E-state index contributed by atoms with van der Waals surface area (Å²) in [6, 6.07) is 0.0241. The summed E-state index contributed by atoms with van der Waals surface area (Å²) in [5.41, 5.74) is 0. The molecule has 2 heterocycles. The number of amides is 2. The van der Waals surface area contributed by atoms with Crippen LogP contribution in [0.2, 0.25) is 0 Å². The molecule has 0 aromatic carbocycles. The van der Waals surface area contributed by atoms with Gasteiger partial charge in [0, 0.05) is 12.6 Å². The first-order chi connectivity index (χ1) is 9.19. The number of carbonyl (C=O) groups is 2. The van der Waals surface area contributed by atoms with Gasteiger partial charge in [0.15, 0.2) is 0 Å². The van der Waals surface area contributed by atoms with E-state index in [0.29, 0.717) is 12.0 Å². The second-order valence-electron chi connectivity index (χ2n) is 6.21. The smallest absolute Gasteiger partial charge is 0.246 e. The zero-order chi connectivity index (χ0) is 13.6. The molecule has 4 heteroatoms. The normalized spacial score (nSPS) is 37.8. The maximum Gasteiger partial charge on any atom is 0.246 e. The van der Waals surface area contributed by atoms with E-state index in [1.165, 1.54) is 12.8 Å². The van der Waals surface area contributed by atoms with Gasteiger partial charge in [0.1, 0.15) is 12.1 Å². The van der Waals surface area contributed by atoms with Gasteiger partial charge in [0.2, 0.25) is 11.8 Å². The summed E-state index contributed by atoms with van der Waals surface area (Å²) in [5.74, 6) is 1.07. The Balaban J connectivity index is 1.81. The van der Waals surface area contributed by atoms with Crippen LogP contribution in [-0.2, 0) is 9.59 Å². The van der Waals surface area contributed by atoms with Gasteiger partial charge in [0.05, 0.1) is 0 Å². The van der Waals surface area contributed by atoms with Gasteiger partial charge in [-0.15, -0.1) is 0 Å². The molecule has 2 saturated heterocycles. The molecule has 0 N–H and O–H groups in total. The number of hydrogen-bond donors (Lipinski definition) is 0. The number of rotatable bonds is 4. The Labute approximate surface area is 115 Å². The van der Waals surface area contributed by atoms with Gasteiger partial charge in [-0.1, -0.05) is 20.3 Å². The largest absolute Gasteiger partial charge is 0.329 e. The molecule has 0 aromatic rings. The van der Waals surface area contributed by atoms with Crippen LogP contribution in [0.4, 0.5) is 0 Å². The highest BCUT2D eigenvalue weighted by Crippen LogP contribution is 2.43. The number of fused-ring (bicyclic) bond motifs is 1. The van der Waals surface area contributed by atoms with Gasteiger partial charge in [-0.05, 0) is 38.0 Å². The zero-order valence-electron chi connectivity index (χ0n) is 12.0. The lowest BCUT2D eigenvalue weighted by Gasteiger charge is -2.42. The lowest BCUT2D eigenvalue weighted by molar-refractivity contribution is -0.160. The standard InChI is InChI=1S/C15H24N2O2/c1-3-6-10-9-13(10)17-11(4-2)14(18)16-8-5-7-12(16)15(17)19/h10-13H,3-9H2,1-2H3. The van der Waals surface area contributed by atoms with E-state index in [0.717, 1.165) is 32.2 Å². The van der Waals surface area contributed by atoms with Crippen molar-refractivity contribution in [3.05, 3.63) is 0 Å². The van der Waals surface area contributed by atoms with Gasteiger partial charge < -0.3 is 9.80 Å². The highest BCUT2D eigenvalue weighted by atomic mass is 16.2. The van der Waals surface area contributed by atoms with Crippen LogP contribution in [0.25, 0.3) is 0 Å². The summed E-state index contributed by atoms with van der Waals surface area (Å²) in [6.45, 7) is 4.99. The highest BCUT2D eigenvalue weighted by Gasteiger charge is 2.54. The van der Waals surface area contributed by atoms with Crippen molar-refractivity contribution in [1.29, 1.82) is 0 Å². The van der Waals surface area contributed by atoms with E-state index < -0.39 is 0 Å². The molecule has 2 aliphatic heterocycles. The number of carbonyl (C=O) groups excluding carboxylic acids is 2. The third kappa shape index (κ3) is 1.96. The molecule has 3 fully saturated rings. The Morgan fingerprint density at radius 3 is 2.68 bits per heavy atom. The molecule has 1 saturated carbocycles. The van der Waals surface area contributed by atoms with Crippen LogP contribution >= 0.6 is 0 Å². The average Bonchev–Trinajstić information content (AvgIpc) is 2.97. The molecule has 2 amide bonds. The van der Waals surface area contributed by atoms with Crippen molar-refractivity contribution in [2.24, 2.45) is 5.92 Å². The second-order valence-corrected chi connectivity index (χ2v) is 6.21. The summed E-state index contributed by atoms with van der Waals surface area (Å²) in [7, 11) is 0. The average molecular weight is 264 g/mol. The molecule has 4 unspecified atom stereocenters. The number of piperazine rings is 1. The van der Waals surface area contributed by atoms with Crippen molar-refractivity contribution in [2.75, 3.05) is 6.54 Å². The third-order valence-corrected chi connectivity index (χ3v) is 4.98. The van der Waals surface area contributed by atoms with E-state index in [-0.39, 0.29) is 23.9 Å². The number of hydrogen-bond acceptors (Lipinski definition) is 2. The molecule has 106 valence electrons. The summed E-state index contributed by atoms with van der Waals surface area (Å²) in [5, 5.41) is 0. The van der Waals surface area contributed by atoms with Crippen molar-refractivity contribution in [1.82, 2.24) is 9.80 Å². The van der Waals surface area contributed by atoms with Crippen molar-refractivity contribution >= 4 is 11.8 Å². The van der Waals surface area contributed by atoms with Crippen molar-refractivity contribution in [3.63, 3.8) is 0 Å². The summed E-state index contributed by atoms with van der Waals surface area (Å²) in [4.78, 5) is 29.0. The fraction of sp³-hybridized carbons (Fsp3) is 0.867. The van der Waals surface area contributed by atoms with Crippen molar-refractivity contribution < 1.29 is 9.59 Å². The minimum Gasteiger partial charge on any atom is -0.329 e. The van der Waals surface area contributed by atoms with Gasteiger partial charge in [-0.2, -0.15) is 0 Å². The maximum absolute atomic E-state index is 12.7. The predicted octanol–water partition coefficient (Wildman–Crippen LogP) is 1.79. The molecule has 0 aromatic heterocycles. The lowest BCUT2D eigenvalue weighted by atomic mass is 10.0.